The first kappa shape index (κ1) is 13.0. The third kappa shape index (κ3) is 4.06. The molecule has 1 aromatic rings. The zero-order chi connectivity index (χ0) is 11.9. The quantitative estimate of drug-likeness (QED) is 0.842. The lowest BCUT2D eigenvalue weighted by Gasteiger charge is -2.07. The maximum Gasteiger partial charge on any atom is 0.104 e. The monoisotopic (exact) mass is 266 g/mol. The molecule has 0 amide bonds. The predicted molar refractivity (Wildman–Crippen MR) is 76.4 cm³/mol. The van der Waals surface area contributed by atoms with Gasteiger partial charge in [-0.05, 0) is 36.0 Å². The molecular formula is C14H18OS2. The van der Waals surface area contributed by atoms with Gasteiger partial charge in [0.2, 0.25) is 0 Å². The zero-order valence-corrected chi connectivity index (χ0v) is 11.6. The van der Waals surface area contributed by atoms with E-state index in [1.165, 1.54) is 36.3 Å². The third-order valence-corrected chi connectivity index (χ3v) is 5.41. The average molecular weight is 266 g/mol. The molecule has 0 spiro atoms. The topological polar surface area (TPSA) is 20.2 Å². The molecule has 0 atom stereocenters. The summed E-state index contributed by atoms with van der Waals surface area (Å²) in [6, 6.07) is 2.05. The second-order valence-corrected chi connectivity index (χ2v) is 6.41. The molecule has 1 heterocycles. The molecule has 0 bridgehead atoms. The van der Waals surface area contributed by atoms with Crippen molar-refractivity contribution in [3.05, 3.63) is 21.9 Å². The summed E-state index contributed by atoms with van der Waals surface area (Å²) in [4.78, 5) is 1.36. The van der Waals surface area contributed by atoms with Crippen LogP contribution in [0.4, 0.5) is 0 Å². The van der Waals surface area contributed by atoms with E-state index < -0.39 is 0 Å². The molecular weight excluding hydrogens is 248 g/mol. The number of aliphatic hydroxyl groups is 1. The second-order valence-electron chi connectivity index (χ2n) is 4.38. The molecule has 92 valence electrons. The standard InChI is InChI=1S/C14H18OS2/c15-8-3-6-13-7-9-17-14(13)11-16-10-12-4-1-2-5-12/h7,9,12,15H,1-2,4-5,8,10-11H2. The Balaban J connectivity index is 1.79. The first-order chi connectivity index (χ1) is 8.40. The van der Waals surface area contributed by atoms with Crippen molar-refractivity contribution < 1.29 is 5.11 Å². The Bertz CT molecular complexity index is 394. The lowest BCUT2D eigenvalue weighted by atomic mass is 10.1. The average Bonchev–Trinajstić information content (AvgIpc) is 2.98. The van der Waals surface area contributed by atoms with Crippen LogP contribution in [-0.4, -0.2) is 17.5 Å². The first-order valence-electron chi connectivity index (χ1n) is 6.14. The Morgan fingerprint density at radius 3 is 3.00 bits per heavy atom. The summed E-state index contributed by atoms with van der Waals surface area (Å²) in [7, 11) is 0. The molecule has 1 nitrogen and oxygen atoms in total. The SMILES string of the molecule is OCC#Cc1ccsc1CSCC1CCCC1. The van der Waals surface area contributed by atoms with E-state index in [1.807, 2.05) is 11.8 Å². The van der Waals surface area contributed by atoms with E-state index in [0.717, 1.165) is 17.2 Å². The summed E-state index contributed by atoms with van der Waals surface area (Å²) in [6.07, 6.45) is 5.71. The van der Waals surface area contributed by atoms with Gasteiger partial charge in [0.15, 0.2) is 0 Å². The predicted octanol–water partition coefficient (Wildman–Crippen LogP) is 3.52. The molecule has 1 fully saturated rings. The van der Waals surface area contributed by atoms with E-state index >= 15 is 0 Å². The number of thiophene rings is 1. The van der Waals surface area contributed by atoms with Crippen LogP contribution in [0.25, 0.3) is 0 Å². The molecule has 0 unspecified atom stereocenters. The van der Waals surface area contributed by atoms with Gasteiger partial charge in [-0.15, -0.1) is 11.3 Å². The molecule has 1 aliphatic carbocycles. The summed E-state index contributed by atoms with van der Waals surface area (Å²) in [5, 5.41) is 10.8. The van der Waals surface area contributed by atoms with E-state index in [1.54, 1.807) is 11.3 Å². The van der Waals surface area contributed by atoms with Crippen LogP contribution in [0.3, 0.4) is 0 Å². The summed E-state index contributed by atoms with van der Waals surface area (Å²) < 4.78 is 0. The summed E-state index contributed by atoms with van der Waals surface area (Å²) in [6.45, 7) is -0.0511. The van der Waals surface area contributed by atoms with Gasteiger partial charge in [0, 0.05) is 16.2 Å². The Kier molecular flexibility index (Phi) is 5.44. The number of rotatable bonds is 4. The maximum absolute atomic E-state index is 8.70. The van der Waals surface area contributed by atoms with Gasteiger partial charge in [-0.2, -0.15) is 11.8 Å². The molecule has 2 rings (SSSR count). The minimum atomic E-state index is -0.0511. The van der Waals surface area contributed by atoms with Gasteiger partial charge < -0.3 is 5.11 Å². The van der Waals surface area contributed by atoms with Crippen LogP contribution in [-0.2, 0) is 5.75 Å². The van der Waals surface area contributed by atoms with Crippen molar-refractivity contribution in [1.29, 1.82) is 0 Å². The minimum absolute atomic E-state index is 0.0511. The van der Waals surface area contributed by atoms with Gasteiger partial charge in [-0.25, -0.2) is 0 Å². The number of hydrogen-bond acceptors (Lipinski definition) is 3. The van der Waals surface area contributed by atoms with Gasteiger partial charge in [0.1, 0.15) is 6.61 Å². The smallest absolute Gasteiger partial charge is 0.104 e. The molecule has 3 heteroatoms. The van der Waals surface area contributed by atoms with E-state index in [9.17, 15) is 0 Å². The highest BCUT2D eigenvalue weighted by Gasteiger charge is 2.14. The van der Waals surface area contributed by atoms with Crippen LogP contribution in [0.15, 0.2) is 11.4 Å². The number of aliphatic hydroxyl groups excluding tert-OH is 1. The van der Waals surface area contributed by atoms with Gasteiger partial charge >= 0.3 is 0 Å². The lowest BCUT2D eigenvalue weighted by Crippen LogP contribution is -1.96. The number of hydrogen-bond donors (Lipinski definition) is 1. The van der Waals surface area contributed by atoms with Gasteiger partial charge in [0.05, 0.1) is 0 Å². The highest BCUT2D eigenvalue weighted by atomic mass is 32.2. The van der Waals surface area contributed by atoms with Crippen molar-refractivity contribution in [2.45, 2.75) is 31.4 Å². The van der Waals surface area contributed by atoms with E-state index in [2.05, 4.69) is 23.3 Å². The van der Waals surface area contributed by atoms with Crippen molar-refractivity contribution >= 4 is 23.1 Å². The molecule has 0 aromatic carbocycles. The van der Waals surface area contributed by atoms with Gasteiger partial charge in [0.25, 0.3) is 0 Å². The van der Waals surface area contributed by atoms with Crippen LogP contribution >= 0.6 is 23.1 Å². The summed E-state index contributed by atoms with van der Waals surface area (Å²) in [5.74, 6) is 9.06. The van der Waals surface area contributed by atoms with Crippen LogP contribution in [0.1, 0.15) is 36.1 Å². The third-order valence-electron chi connectivity index (χ3n) is 3.11. The Labute approximate surface area is 112 Å². The molecule has 1 aliphatic rings. The molecule has 0 saturated heterocycles. The van der Waals surface area contributed by atoms with Gasteiger partial charge in [-0.1, -0.05) is 24.7 Å². The molecule has 17 heavy (non-hydrogen) atoms. The first-order valence-corrected chi connectivity index (χ1v) is 8.17. The summed E-state index contributed by atoms with van der Waals surface area (Å²) in [5.41, 5.74) is 1.10. The molecule has 1 N–H and O–H groups in total. The van der Waals surface area contributed by atoms with Crippen LogP contribution < -0.4 is 0 Å². The Morgan fingerprint density at radius 2 is 2.24 bits per heavy atom. The lowest BCUT2D eigenvalue weighted by molar-refractivity contribution is 0.350. The van der Waals surface area contributed by atoms with Crippen molar-refractivity contribution in [3.63, 3.8) is 0 Å². The highest BCUT2D eigenvalue weighted by Crippen LogP contribution is 2.30. The molecule has 0 radical (unpaired) electrons. The van der Waals surface area contributed by atoms with E-state index in [4.69, 9.17) is 5.11 Å². The van der Waals surface area contributed by atoms with Gasteiger partial charge in [-0.3, -0.25) is 0 Å². The molecule has 1 saturated carbocycles. The van der Waals surface area contributed by atoms with Crippen molar-refractivity contribution in [3.8, 4) is 11.8 Å². The van der Waals surface area contributed by atoms with Crippen LogP contribution in [0.5, 0.6) is 0 Å². The number of thioether (sulfide) groups is 1. The fourth-order valence-electron chi connectivity index (χ4n) is 2.19. The maximum atomic E-state index is 8.70. The second kappa shape index (κ2) is 7.10. The Morgan fingerprint density at radius 1 is 1.41 bits per heavy atom. The highest BCUT2D eigenvalue weighted by molar-refractivity contribution is 7.98. The fourth-order valence-corrected chi connectivity index (χ4v) is 4.46. The van der Waals surface area contributed by atoms with Crippen molar-refractivity contribution in [2.24, 2.45) is 5.92 Å². The zero-order valence-electron chi connectivity index (χ0n) is 9.95. The molecule has 1 aromatic heterocycles. The fraction of sp³-hybridized carbons (Fsp3) is 0.571. The van der Waals surface area contributed by atoms with Crippen LogP contribution in [0, 0.1) is 17.8 Å². The van der Waals surface area contributed by atoms with Crippen molar-refractivity contribution in [2.75, 3.05) is 12.4 Å². The van der Waals surface area contributed by atoms with E-state index in [-0.39, 0.29) is 6.61 Å². The minimum Gasteiger partial charge on any atom is -0.384 e. The Hall–Kier alpha value is -0.430. The normalized spacial score (nSPS) is 15.8. The van der Waals surface area contributed by atoms with Crippen molar-refractivity contribution in [1.82, 2.24) is 0 Å². The van der Waals surface area contributed by atoms with Crippen LogP contribution in [0.2, 0.25) is 0 Å². The molecule has 0 aliphatic heterocycles. The largest absolute Gasteiger partial charge is 0.384 e. The van der Waals surface area contributed by atoms with E-state index in [0.29, 0.717) is 0 Å². The summed E-state index contributed by atoms with van der Waals surface area (Å²) >= 11 is 3.81.